The lowest BCUT2D eigenvalue weighted by atomic mass is 9.83. The third-order valence-electron chi connectivity index (χ3n) is 6.35. The number of aryl methyl sites for hydroxylation is 1. The van der Waals surface area contributed by atoms with Crippen LogP contribution in [0.4, 0.5) is 14.6 Å². The van der Waals surface area contributed by atoms with Gasteiger partial charge in [0.2, 0.25) is 0 Å². The van der Waals surface area contributed by atoms with Crippen LogP contribution in [0.1, 0.15) is 47.9 Å². The largest absolute Gasteiger partial charge is 0.365 e. The first-order valence-corrected chi connectivity index (χ1v) is 9.68. The van der Waals surface area contributed by atoms with Gasteiger partial charge < -0.3 is 14.6 Å². The number of halogens is 2. The van der Waals surface area contributed by atoms with Crippen LogP contribution in [0.15, 0.2) is 23.0 Å². The third-order valence-corrected chi connectivity index (χ3v) is 6.35. The molecule has 1 spiro atoms. The van der Waals surface area contributed by atoms with E-state index in [0.29, 0.717) is 37.1 Å². The number of nitrogens with zero attached hydrogens (tertiary/aromatic N) is 1. The highest BCUT2D eigenvalue weighted by molar-refractivity contribution is 5.46. The molecule has 142 valence electrons. The first-order chi connectivity index (χ1) is 13.1. The van der Waals surface area contributed by atoms with Gasteiger partial charge in [-0.2, -0.15) is 0 Å². The van der Waals surface area contributed by atoms with Gasteiger partial charge in [0.1, 0.15) is 23.1 Å². The summed E-state index contributed by atoms with van der Waals surface area (Å²) in [5.41, 5.74) is 2.55. The molecule has 3 aliphatic rings. The van der Waals surface area contributed by atoms with E-state index in [4.69, 9.17) is 4.74 Å². The Morgan fingerprint density at radius 2 is 1.81 bits per heavy atom. The lowest BCUT2D eigenvalue weighted by molar-refractivity contribution is -0.0568. The average molecular weight is 372 g/mol. The van der Waals surface area contributed by atoms with Crippen LogP contribution in [-0.4, -0.2) is 18.1 Å². The zero-order chi connectivity index (χ0) is 18.6. The number of nitrogens with one attached hydrogen (secondary N) is 1. The fourth-order valence-corrected chi connectivity index (χ4v) is 4.95. The number of H-pyrrole nitrogens is 1. The van der Waals surface area contributed by atoms with Gasteiger partial charge in [0, 0.05) is 30.3 Å². The Morgan fingerprint density at radius 1 is 1.04 bits per heavy atom. The Morgan fingerprint density at radius 3 is 2.63 bits per heavy atom. The molecule has 0 amide bonds. The van der Waals surface area contributed by atoms with Crippen LogP contribution in [0.25, 0.3) is 0 Å². The van der Waals surface area contributed by atoms with Gasteiger partial charge in [-0.25, -0.2) is 8.78 Å². The fraction of sp³-hybridized carbons (Fsp3) is 0.476. The smallest absolute Gasteiger partial charge is 0.252 e. The number of benzene rings is 1. The summed E-state index contributed by atoms with van der Waals surface area (Å²) in [5.74, 6) is -0.234. The highest BCUT2D eigenvalue weighted by Crippen LogP contribution is 2.46. The number of piperidine rings is 1. The van der Waals surface area contributed by atoms with E-state index in [-0.39, 0.29) is 12.2 Å². The molecule has 1 aromatic carbocycles. The van der Waals surface area contributed by atoms with E-state index >= 15 is 0 Å². The number of hydrogen-bond acceptors (Lipinski definition) is 3. The molecule has 27 heavy (non-hydrogen) atoms. The van der Waals surface area contributed by atoms with Crippen molar-refractivity contribution in [3.63, 3.8) is 0 Å². The highest BCUT2D eigenvalue weighted by Gasteiger charge is 2.45. The van der Waals surface area contributed by atoms with Gasteiger partial charge in [-0.1, -0.05) is 0 Å². The van der Waals surface area contributed by atoms with E-state index in [1.807, 2.05) is 0 Å². The van der Waals surface area contributed by atoms with Gasteiger partial charge in [-0.3, -0.25) is 4.79 Å². The van der Waals surface area contributed by atoms with Crippen LogP contribution < -0.4 is 10.5 Å². The topological polar surface area (TPSA) is 45.3 Å². The summed E-state index contributed by atoms with van der Waals surface area (Å²) in [6.07, 6.45) is 5.24. The van der Waals surface area contributed by atoms with Gasteiger partial charge in [0.15, 0.2) is 0 Å². The number of hydrogen-bond donors (Lipinski definition) is 1. The molecule has 1 N–H and O–H groups in total. The first kappa shape index (κ1) is 16.9. The van der Waals surface area contributed by atoms with Gasteiger partial charge >= 0.3 is 0 Å². The normalized spacial score (nSPS) is 20.6. The van der Waals surface area contributed by atoms with Crippen molar-refractivity contribution in [1.82, 2.24) is 4.98 Å². The van der Waals surface area contributed by atoms with Crippen molar-refractivity contribution < 1.29 is 13.5 Å². The van der Waals surface area contributed by atoms with Crippen LogP contribution in [0.3, 0.4) is 0 Å². The Balaban J connectivity index is 1.41. The fourth-order valence-electron chi connectivity index (χ4n) is 4.95. The molecule has 3 heterocycles. The van der Waals surface area contributed by atoms with Gasteiger partial charge in [0.25, 0.3) is 5.56 Å². The minimum absolute atomic E-state index is 0.0199. The maximum Gasteiger partial charge on any atom is 0.252 e. The van der Waals surface area contributed by atoms with Crippen LogP contribution in [-0.2, 0) is 29.8 Å². The molecule has 0 radical (unpaired) electrons. The summed E-state index contributed by atoms with van der Waals surface area (Å²) < 4.78 is 33.9. The predicted octanol–water partition coefficient (Wildman–Crippen LogP) is 3.56. The molecule has 0 unspecified atom stereocenters. The summed E-state index contributed by atoms with van der Waals surface area (Å²) in [7, 11) is 0. The van der Waals surface area contributed by atoms with Crippen molar-refractivity contribution in [2.24, 2.45) is 0 Å². The molecule has 1 fully saturated rings. The first-order valence-electron chi connectivity index (χ1n) is 9.68. The van der Waals surface area contributed by atoms with Crippen LogP contribution >= 0.6 is 0 Å². The van der Waals surface area contributed by atoms with Crippen molar-refractivity contribution in [2.45, 2.75) is 50.7 Å². The molecule has 6 heteroatoms. The second-order valence-corrected chi connectivity index (χ2v) is 7.89. The van der Waals surface area contributed by atoms with E-state index < -0.39 is 17.2 Å². The number of rotatable bonds is 1. The zero-order valence-corrected chi connectivity index (χ0v) is 15.1. The third kappa shape index (κ3) is 2.69. The summed E-state index contributed by atoms with van der Waals surface area (Å²) in [6, 6.07) is 4.43. The summed E-state index contributed by atoms with van der Waals surface area (Å²) >= 11 is 0. The monoisotopic (exact) mass is 372 g/mol. The highest BCUT2D eigenvalue weighted by atomic mass is 19.1. The second-order valence-electron chi connectivity index (χ2n) is 7.89. The number of pyridine rings is 1. The van der Waals surface area contributed by atoms with Gasteiger partial charge in [-0.15, -0.1) is 0 Å². The number of fused-ring (bicyclic) bond motifs is 3. The van der Waals surface area contributed by atoms with Gasteiger partial charge in [0.05, 0.1) is 6.61 Å². The van der Waals surface area contributed by atoms with Crippen LogP contribution in [0.2, 0.25) is 0 Å². The second kappa shape index (κ2) is 6.16. The number of aromatic nitrogens is 1. The molecule has 4 nitrogen and oxygen atoms in total. The number of anilines is 1. The molecular formula is C21H22F2N2O2. The molecule has 0 atom stereocenters. The maximum atomic E-state index is 14.5. The predicted molar refractivity (Wildman–Crippen MR) is 98.0 cm³/mol. The molecule has 2 aliphatic heterocycles. The molecule has 1 aliphatic carbocycles. The minimum Gasteiger partial charge on any atom is -0.365 e. The van der Waals surface area contributed by atoms with E-state index in [2.05, 4.69) is 16.0 Å². The summed E-state index contributed by atoms with van der Waals surface area (Å²) in [5, 5.41) is 0. The zero-order valence-electron chi connectivity index (χ0n) is 15.1. The quantitative estimate of drug-likeness (QED) is 0.833. The van der Waals surface area contributed by atoms with E-state index in [1.165, 1.54) is 6.07 Å². The van der Waals surface area contributed by atoms with Crippen LogP contribution in [0.5, 0.6) is 0 Å². The SMILES string of the molecule is O=c1[nH]c(N2CCC3(CC2)OCc2cc(F)cc(F)c23)cc2c1CCCC2. The van der Waals surface area contributed by atoms with Crippen molar-refractivity contribution in [3.05, 3.63) is 62.4 Å². The van der Waals surface area contributed by atoms with Crippen molar-refractivity contribution >= 4 is 5.82 Å². The van der Waals surface area contributed by atoms with Crippen LogP contribution in [0, 0.1) is 11.6 Å². The molecule has 0 bridgehead atoms. The molecule has 2 aromatic rings. The lowest BCUT2D eigenvalue weighted by Gasteiger charge is -2.40. The summed E-state index contributed by atoms with van der Waals surface area (Å²) in [6.45, 7) is 1.57. The van der Waals surface area contributed by atoms with E-state index in [0.717, 1.165) is 48.7 Å². The lowest BCUT2D eigenvalue weighted by Crippen LogP contribution is -2.43. The van der Waals surface area contributed by atoms with Crippen molar-refractivity contribution in [1.29, 1.82) is 0 Å². The molecule has 1 aromatic heterocycles. The Bertz CT molecular complexity index is 961. The summed E-state index contributed by atoms with van der Waals surface area (Å²) in [4.78, 5) is 17.6. The number of aromatic amines is 1. The van der Waals surface area contributed by atoms with E-state index in [9.17, 15) is 13.6 Å². The molecule has 1 saturated heterocycles. The standard InChI is InChI=1S/C21H22F2N2O2/c22-15-9-14-12-27-21(19(14)17(23)11-15)5-7-25(8-6-21)18-10-13-3-1-2-4-16(13)20(26)24-18/h9-11H,1-8,12H2,(H,24,26). The molecule has 5 rings (SSSR count). The molecular weight excluding hydrogens is 350 g/mol. The Hall–Kier alpha value is -2.21. The Labute approximate surface area is 156 Å². The van der Waals surface area contributed by atoms with Crippen molar-refractivity contribution in [2.75, 3.05) is 18.0 Å². The maximum absolute atomic E-state index is 14.5. The average Bonchev–Trinajstić information content (AvgIpc) is 3.00. The Kier molecular flexibility index (Phi) is 3.86. The number of ether oxygens (including phenoxy) is 1. The molecule has 0 saturated carbocycles. The van der Waals surface area contributed by atoms with Crippen molar-refractivity contribution in [3.8, 4) is 0 Å². The van der Waals surface area contributed by atoms with Gasteiger partial charge in [-0.05, 0) is 61.8 Å². The van der Waals surface area contributed by atoms with E-state index in [1.54, 1.807) is 0 Å². The minimum atomic E-state index is -0.682.